The summed E-state index contributed by atoms with van der Waals surface area (Å²) < 4.78 is 5.41. The highest BCUT2D eigenvalue weighted by molar-refractivity contribution is 5.69. The Kier molecular flexibility index (Phi) is 5.20. The molecule has 18 heavy (non-hydrogen) atoms. The fraction of sp³-hybridized carbons (Fsp3) is 0.786. The van der Waals surface area contributed by atoms with Crippen LogP contribution in [0.2, 0.25) is 0 Å². The first kappa shape index (κ1) is 15.0. The van der Waals surface area contributed by atoms with Crippen LogP contribution in [0.4, 0.5) is 4.79 Å². The number of hydrogen-bond donors (Lipinski definition) is 1. The average molecular weight is 254 g/mol. The van der Waals surface area contributed by atoms with E-state index >= 15 is 0 Å². The van der Waals surface area contributed by atoms with Gasteiger partial charge in [0, 0.05) is 18.6 Å². The Morgan fingerprint density at radius 1 is 1.56 bits per heavy atom. The smallest absolute Gasteiger partial charge is 0.410 e. The first-order valence-electron chi connectivity index (χ1n) is 6.69. The third kappa shape index (κ3) is 4.33. The van der Waals surface area contributed by atoms with Gasteiger partial charge >= 0.3 is 6.09 Å². The Labute approximate surface area is 110 Å². The quantitative estimate of drug-likeness (QED) is 0.619. The van der Waals surface area contributed by atoms with Crippen LogP contribution < -0.4 is 5.32 Å². The summed E-state index contributed by atoms with van der Waals surface area (Å²) in [5.41, 5.74) is -0.425. The van der Waals surface area contributed by atoms with Gasteiger partial charge in [0.15, 0.2) is 0 Å². The molecule has 0 spiro atoms. The standard InChI is InChI=1S/C14H26N2O2/c1-6-7-9-15-12-8-10-16(11(12)2)13(17)18-14(3,4)5/h6,11-12,15H,1,7-10H2,2-5H3/t11-,12-/m1/s1. The van der Waals surface area contributed by atoms with Gasteiger partial charge in [-0.2, -0.15) is 0 Å². The van der Waals surface area contributed by atoms with E-state index in [1.807, 2.05) is 31.7 Å². The molecule has 1 rings (SSSR count). The molecule has 0 aromatic heterocycles. The molecule has 1 saturated heterocycles. The molecular formula is C14H26N2O2. The van der Waals surface area contributed by atoms with Crippen molar-refractivity contribution >= 4 is 6.09 Å². The summed E-state index contributed by atoms with van der Waals surface area (Å²) in [6.07, 6.45) is 3.63. The van der Waals surface area contributed by atoms with Crippen LogP contribution in [0.5, 0.6) is 0 Å². The minimum absolute atomic E-state index is 0.185. The molecule has 0 aromatic carbocycles. The first-order valence-corrected chi connectivity index (χ1v) is 6.69. The van der Waals surface area contributed by atoms with Gasteiger partial charge in [-0.3, -0.25) is 0 Å². The average Bonchev–Trinajstić information content (AvgIpc) is 2.58. The summed E-state index contributed by atoms with van der Waals surface area (Å²) in [6, 6.07) is 0.544. The molecule has 1 N–H and O–H groups in total. The van der Waals surface area contributed by atoms with E-state index in [4.69, 9.17) is 4.74 Å². The maximum Gasteiger partial charge on any atom is 0.410 e. The van der Waals surface area contributed by atoms with E-state index in [9.17, 15) is 4.79 Å². The van der Waals surface area contributed by atoms with E-state index in [0.717, 1.165) is 25.9 Å². The molecule has 0 radical (unpaired) electrons. The minimum Gasteiger partial charge on any atom is -0.444 e. The van der Waals surface area contributed by atoms with Crippen molar-refractivity contribution < 1.29 is 9.53 Å². The zero-order valence-electron chi connectivity index (χ0n) is 12.0. The molecular weight excluding hydrogens is 228 g/mol. The van der Waals surface area contributed by atoms with Gasteiger partial charge in [0.25, 0.3) is 0 Å². The second kappa shape index (κ2) is 6.23. The lowest BCUT2D eigenvalue weighted by Crippen LogP contribution is -2.44. The minimum atomic E-state index is -0.425. The number of carbonyl (C=O) groups is 1. The Bertz CT molecular complexity index is 297. The molecule has 4 heteroatoms. The zero-order chi connectivity index (χ0) is 13.8. The molecule has 0 aromatic rings. The molecule has 1 aliphatic rings. The van der Waals surface area contributed by atoms with Crippen molar-refractivity contribution in [1.82, 2.24) is 10.2 Å². The van der Waals surface area contributed by atoms with E-state index in [2.05, 4.69) is 18.8 Å². The molecule has 0 bridgehead atoms. The van der Waals surface area contributed by atoms with Crippen LogP contribution in [0.25, 0.3) is 0 Å². The van der Waals surface area contributed by atoms with E-state index < -0.39 is 5.60 Å². The Morgan fingerprint density at radius 3 is 2.78 bits per heavy atom. The van der Waals surface area contributed by atoms with Crippen molar-refractivity contribution in [2.24, 2.45) is 0 Å². The number of hydrogen-bond acceptors (Lipinski definition) is 3. The first-order chi connectivity index (χ1) is 8.35. The van der Waals surface area contributed by atoms with Gasteiger partial charge in [-0.25, -0.2) is 4.79 Å². The number of likely N-dealkylation sites (tertiary alicyclic amines) is 1. The molecule has 1 fully saturated rings. The van der Waals surface area contributed by atoms with Crippen molar-refractivity contribution in [1.29, 1.82) is 0 Å². The second-order valence-electron chi connectivity index (χ2n) is 5.84. The molecule has 4 nitrogen and oxygen atoms in total. The van der Waals surface area contributed by atoms with Crippen LogP contribution in [0, 0.1) is 0 Å². The number of amides is 1. The molecule has 0 aliphatic carbocycles. The third-order valence-electron chi connectivity index (χ3n) is 3.14. The highest BCUT2D eigenvalue weighted by atomic mass is 16.6. The van der Waals surface area contributed by atoms with Crippen molar-refractivity contribution in [2.45, 2.75) is 58.2 Å². The van der Waals surface area contributed by atoms with Crippen molar-refractivity contribution in [3.8, 4) is 0 Å². The van der Waals surface area contributed by atoms with Crippen LogP contribution in [0.1, 0.15) is 40.5 Å². The molecule has 1 heterocycles. The Balaban J connectivity index is 2.45. The van der Waals surface area contributed by atoms with Gasteiger partial charge in [0.1, 0.15) is 5.60 Å². The molecule has 1 aliphatic heterocycles. The Morgan fingerprint density at radius 2 is 2.22 bits per heavy atom. The van der Waals surface area contributed by atoms with Gasteiger partial charge in [0.2, 0.25) is 0 Å². The third-order valence-corrected chi connectivity index (χ3v) is 3.14. The highest BCUT2D eigenvalue weighted by Gasteiger charge is 2.35. The summed E-state index contributed by atoms with van der Waals surface area (Å²) in [7, 11) is 0. The molecule has 0 saturated carbocycles. The lowest BCUT2D eigenvalue weighted by molar-refractivity contribution is 0.0230. The fourth-order valence-electron chi connectivity index (χ4n) is 2.16. The maximum atomic E-state index is 12.0. The lowest BCUT2D eigenvalue weighted by atomic mass is 10.1. The van der Waals surface area contributed by atoms with Crippen molar-refractivity contribution in [2.75, 3.05) is 13.1 Å². The van der Waals surface area contributed by atoms with Gasteiger partial charge in [-0.15, -0.1) is 6.58 Å². The fourth-order valence-corrected chi connectivity index (χ4v) is 2.16. The van der Waals surface area contributed by atoms with Crippen molar-refractivity contribution in [3.05, 3.63) is 12.7 Å². The van der Waals surface area contributed by atoms with Gasteiger partial charge < -0.3 is 15.0 Å². The molecule has 1 amide bonds. The van der Waals surface area contributed by atoms with E-state index in [1.165, 1.54) is 0 Å². The second-order valence-corrected chi connectivity index (χ2v) is 5.84. The van der Waals surface area contributed by atoms with Crippen molar-refractivity contribution in [3.63, 3.8) is 0 Å². The summed E-state index contributed by atoms with van der Waals surface area (Å²) in [4.78, 5) is 13.8. The highest BCUT2D eigenvalue weighted by Crippen LogP contribution is 2.21. The summed E-state index contributed by atoms with van der Waals surface area (Å²) >= 11 is 0. The van der Waals surface area contributed by atoms with Gasteiger partial charge in [-0.05, 0) is 47.1 Å². The van der Waals surface area contributed by atoms with Crippen LogP contribution in [-0.4, -0.2) is 41.8 Å². The van der Waals surface area contributed by atoms with Crippen LogP contribution in [0.3, 0.4) is 0 Å². The monoisotopic (exact) mass is 254 g/mol. The van der Waals surface area contributed by atoms with E-state index in [0.29, 0.717) is 6.04 Å². The van der Waals surface area contributed by atoms with Crippen LogP contribution in [-0.2, 0) is 4.74 Å². The summed E-state index contributed by atoms with van der Waals surface area (Å²) in [6.45, 7) is 13.1. The Hall–Kier alpha value is -1.03. The number of carbonyl (C=O) groups excluding carboxylic acids is 1. The summed E-state index contributed by atoms with van der Waals surface area (Å²) in [5, 5.41) is 3.46. The summed E-state index contributed by atoms with van der Waals surface area (Å²) in [5.74, 6) is 0. The van der Waals surface area contributed by atoms with Crippen LogP contribution in [0.15, 0.2) is 12.7 Å². The van der Waals surface area contributed by atoms with Gasteiger partial charge in [-0.1, -0.05) is 6.08 Å². The predicted octanol–water partition coefficient (Wildman–Crippen LogP) is 2.55. The SMILES string of the molecule is C=CCCN[C@@H]1CCN(C(=O)OC(C)(C)C)[C@@H]1C. The molecule has 104 valence electrons. The number of rotatable bonds is 4. The largest absolute Gasteiger partial charge is 0.444 e. The zero-order valence-corrected chi connectivity index (χ0v) is 12.0. The normalized spacial score (nSPS) is 24.1. The molecule has 0 unspecified atom stereocenters. The van der Waals surface area contributed by atoms with E-state index in [-0.39, 0.29) is 12.1 Å². The van der Waals surface area contributed by atoms with Crippen LogP contribution >= 0.6 is 0 Å². The van der Waals surface area contributed by atoms with Gasteiger partial charge in [0.05, 0.1) is 0 Å². The van der Waals surface area contributed by atoms with E-state index in [1.54, 1.807) is 0 Å². The molecule has 2 atom stereocenters. The maximum absolute atomic E-state index is 12.0. The number of ether oxygens (including phenoxy) is 1. The topological polar surface area (TPSA) is 41.6 Å². The number of nitrogens with one attached hydrogen (secondary N) is 1. The lowest BCUT2D eigenvalue weighted by Gasteiger charge is -2.28. The predicted molar refractivity (Wildman–Crippen MR) is 73.6 cm³/mol. The number of nitrogens with zero attached hydrogens (tertiary/aromatic N) is 1.